The first kappa shape index (κ1) is 33.3. The van der Waals surface area contributed by atoms with Crippen LogP contribution in [-0.4, -0.2) is 83.2 Å². The lowest BCUT2D eigenvalue weighted by Gasteiger charge is -2.50. The van der Waals surface area contributed by atoms with Gasteiger partial charge in [-0.1, -0.05) is 13.8 Å². The number of anilines is 3. The van der Waals surface area contributed by atoms with Crippen molar-refractivity contribution >= 4 is 22.7 Å². The molecule has 266 valence electrons. The lowest BCUT2D eigenvalue weighted by Crippen LogP contribution is -2.63. The molecule has 8 rings (SSSR count). The molecule has 13 nitrogen and oxygen atoms in total. The van der Waals surface area contributed by atoms with Gasteiger partial charge in [-0.3, -0.25) is 18.9 Å². The van der Waals surface area contributed by atoms with E-state index in [0.717, 1.165) is 56.1 Å². The van der Waals surface area contributed by atoms with E-state index < -0.39 is 0 Å². The van der Waals surface area contributed by atoms with Gasteiger partial charge >= 0.3 is 0 Å². The number of nitrogens with zero attached hydrogens (tertiary/aromatic N) is 8. The third-order valence-electron chi connectivity index (χ3n) is 10.8. The van der Waals surface area contributed by atoms with E-state index in [1.54, 1.807) is 35.4 Å². The number of ether oxygens (including phenoxy) is 1. The molecule has 5 aromatic heterocycles. The van der Waals surface area contributed by atoms with Crippen molar-refractivity contribution in [3.63, 3.8) is 0 Å². The van der Waals surface area contributed by atoms with Crippen molar-refractivity contribution in [3.05, 3.63) is 92.8 Å². The van der Waals surface area contributed by atoms with Crippen LogP contribution in [0.3, 0.4) is 0 Å². The van der Waals surface area contributed by atoms with Crippen molar-refractivity contribution in [1.29, 1.82) is 0 Å². The number of pyridine rings is 3. The van der Waals surface area contributed by atoms with E-state index in [4.69, 9.17) is 9.72 Å². The fourth-order valence-corrected chi connectivity index (χ4v) is 8.12. The van der Waals surface area contributed by atoms with E-state index >= 15 is 0 Å². The average Bonchev–Trinajstić information content (AvgIpc) is 3.58. The van der Waals surface area contributed by atoms with Gasteiger partial charge in [0.25, 0.3) is 11.1 Å². The maximum Gasteiger partial charge on any atom is 0.297 e. The van der Waals surface area contributed by atoms with E-state index in [-0.39, 0.29) is 29.0 Å². The maximum absolute atomic E-state index is 13.8. The van der Waals surface area contributed by atoms with Gasteiger partial charge in [0.2, 0.25) is 0 Å². The summed E-state index contributed by atoms with van der Waals surface area (Å²) in [6.07, 6.45) is 8.65. The first-order chi connectivity index (χ1) is 24.5. The van der Waals surface area contributed by atoms with E-state index in [1.165, 1.54) is 4.68 Å². The van der Waals surface area contributed by atoms with E-state index in [2.05, 4.69) is 52.9 Å². The second kappa shape index (κ2) is 12.7. The Morgan fingerprint density at radius 2 is 1.84 bits per heavy atom. The topological polar surface area (TPSA) is 135 Å². The van der Waals surface area contributed by atoms with E-state index in [0.29, 0.717) is 58.4 Å². The van der Waals surface area contributed by atoms with Crippen LogP contribution in [0.5, 0.6) is 0 Å². The highest BCUT2D eigenvalue weighted by Gasteiger charge is 2.36. The Bertz CT molecular complexity index is 2240. The van der Waals surface area contributed by atoms with Crippen LogP contribution in [0, 0.1) is 5.41 Å². The Morgan fingerprint density at radius 1 is 1.02 bits per heavy atom. The van der Waals surface area contributed by atoms with Gasteiger partial charge < -0.3 is 24.6 Å². The van der Waals surface area contributed by atoms with Crippen LogP contribution in [0.1, 0.15) is 51.4 Å². The predicted molar refractivity (Wildman–Crippen MR) is 196 cm³/mol. The molecule has 0 spiro atoms. The Labute approximate surface area is 296 Å². The number of aliphatic hydroxyl groups is 1. The Morgan fingerprint density at radius 3 is 2.55 bits per heavy atom. The molecule has 0 amide bonds. The van der Waals surface area contributed by atoms with E-state index in [1.807, 2.05) is 35.7 Å². The first-order valence-corrected chi connectivity index (χ1v) is 17.8. The van der Waals surface area contributed by atoms with E-state index in [9.17, 15) is 14.7 Å². The molecular formula is C38H45N9O4. The van der Waals surface area contributed by atoms with Crippen molar-refractivity contribution in [3.8, 4) is 16.9 Å². The van der Waals surface area contributed by atoms with Crippen LogP contribution in [-0.2, 0) is 30.7 Å². The number of fused-ring (bicyclic) bond motifs is 3. The highest BCUT2D eigenvalue weighted by Crippen LogP contribution is 2.37. The molecule has 2 saturated heterocycles. The maximum atomic E-state index is 13.8. The van der Waals surface area contributed by atoms with Gasteiger partial charge in [-0.2, -0.15) is 9.78 Å². The zero-order valence-electron chi connectivity index (χ0n) is 29.8. The molecule has 2 aliphatic heterocycles. The fraction of sp³-hybridized carbons (Fsp3) is 0.447. The fourth-order valence-electron chi connectivity index (χ4n) is 8.12. The smallest absolute Gasteiger partial charge is 0.297 e. The molecule has 0 bridgehead atoms. The number of piperazine rings is 1. The van der Waals surface area contributed by atoms with Gasteiger partial charge in [-0.05, 0) is 80.5 Å². The summed E-state index contributed by atoms with van der Waals surface area (Å²) in [4.78, 5) is 41.5. The van der Waals surface area contributed by atoms with Crippen LogP contribution in [0.25, 0.3) is 22.5 Å². The van der Waals surface area contributed by atoms with Gasteiger partial charge in [0.1, 0.15) is 23.3 Å². The Hall–Kier alpha value is -4.85. The molecule has 0 aromatic carbocycles. The minimum absolute atomic E-state index is 0.141. The van der Waals surface area contributed by atoms with Crippen molar-refractivity contribution in [1.82, 2.24) is 33.6 Å². The summed E-state index contributed by atoms with van der Waals surface area (Å²) in [5.74, 6) is 0.793. The number of aliphatic hydroxyl groups excluding tert-OH is 1. The second-order valence-electron chi connectivity index (χ2n) is 15.1. The standard InChI is InChI=1S/C38H45N9O4/c1-6-43-18-26(11-31(36(43)49)42-34-8-7-27(15-40-34)44-16-24(3)45(17-23(44)2)28-20-51-21-28)29-9-10-39-35(30(29)19-48)47-37(50)32-12-25-13-38(4,5)14-33(25)46(32)22-41-47/h7-12,15,18,22-24,28,48H,6,13-14,16-17,19-21H2,1-5H3,(H,40,42)/t23-,24+/m0/s1. The summed E-state index contributed by atoms with van der Waals surface area (Å²) in [5.41, 5.74) is 5.57. The minimum Gasteiger partial charge on any atom is -0.392 e. The van der Waals surface area contributed by atoms with Crippen molar-refractivity contribution < 1.29 is 9.84 Å². The molecule has 2 atom stereocenters. The monoisotopic (exact) mass is 691 g/mol. The summed E-state index contributed by atoms with van der Waals surface area (Å²) >= 11 is 0. The number of hydrogen-bond donors (Lipinski definition) is 2. The molecule has 7 heterocycles. The zero-order valence-corrected chi connectivity index (χ0v) is 29.8. The van der Waals surface area contributed by atoms with Gasteiger partial charge in [0, 0.05) is 60.9 Å². The summed E-state index contributed by atoms with van der Waals surface area (Å²) in [6.45, 7) is 14.4. The third-order valence-corrected chi connectivity index (χ3v) is 10.8. The summed E-state index contributed by atoms with van der Waals surface area (Å²) in [7, 11) is 0. The first-order valence-electron chi connectivity index (χ1n) is 17.8. The highest BCUT2D eigenvalue weighted by atomic mass is 16.5. The number of hydrogen-bond acceptors (Lipinski definition) is 10. The number of rotatable bonds is 8. The van der Waals surface area contributed by atoms with Crippen molar-refractivity contribution in [2.75, 3.05) is 36.5 Å². The molecule has 1 aliphatic carbocycles. The predicted octanol–water partition coefficient (Wildman–Crippen LogP) is 3.78. The SMILES string of the molecule is CCn1cc(-c2ccnc(-n3ncn4c5c(cc4c3=O)CC(C)(C)C5)c2CO)cc(Nc2ccc(N3C[C@@H](C)N(C4COC4)C[C@@H]3C)cn2)c1=O. The summed E-state index contributed by atoms with van der Waals surface area (Å²) < 4.78 is 10.2. The normalized spacial score (nSPS) is 20.5. The third kappa shape index (κ3) is 5.82. The molecular weight excluding hydrogens is 646 g/mol. The lowest BCUT2D eigenvalue weighted by molar-refractivity contribution is -0.0828. The largest absolute Gasteiger partial charge is 0.392 e. The van der Waals surface area contributed by atoms with Crippen molar-refractivity contribution in [2.24, 2.45) is 5.41 Å². The van der Waals surface area contributed by atoms with Gasteiger partial charge in [0.05, 0.1) is 37.7 Å². The minimum atomic E-state index is -0.389. The lowest BCUT2D eigenvalue weighted by atomic mass is 9.90. The molecule has 0 radical (unpaired) electrons. The molecule has 13 heteroatoms. The quantitative estimate of drug-likeness (QED) is 0.248. The second-order valence-corrected chi connectivity index (χ2v) is 15.1. The highest BCUT2D eigenvalue weighted by molar-refractivity contribution is 5.73. The van der Waals surface area contributed by atoms with Crippen LogP contribution in [0.15, 0.2) is 64.8 Å². The molecule has 3 aliphatic rings. The summed E-state index contributed by atoms with van der Waals surface area (Å²) in [5, 5.41) is 18.5. The van der Waals surface area contributed by atoms with Gasteiger partial charge in [-0.25, -0.2) is 9.97 Å². The van der Waals surface area contributed by atoms with Gasteiger partial charge in [-0.15, -0.1) is 0 Å². The van der Waals surface area contributed by atoms with Crippen LogP contribution >= 0.6 is 0 Å². The average molecular weight is 692 g/mol. The number of aromatic nitrogens is 6. The molecule has 0 unspecified atom stereocenters. The Balaban J connectivity index is 1.09. The van der Waals surface area contributed by atoms with Crippen LogP contribution in [0.2, 0.25) is 0 Å². The van der Waals surface area contributed by atoms with Crippen molar-refractivity contribution in [2.45, 2.75) is 78.7 Å². The molecule has 2 fully saturated rings. The zero-order chi connectivity index (χ0) is 35.6. The van der Waals surface area contributed by atoms with Gasteiger partial charge in [0.15, 0.2) is 5.82 Å². The number of nitrogens with one attached hydrogen (secondary N) is 1. The Kier molecular flexibility index (Phi) is 8.31. The molecule has 0 saturated carbocycles. The summed E-state index contributed by atoms with van der Waals surface area (Å²) in [6, 6.07) is 10.7. The number of aryl methyl sites for hydroxylation is 1. The molecule has 51 heavy (non-hydrogen) atoms. The van der Waals surface area contributed by atoms with Crippen LogP contribution < -0.4 is 21.3 Å². The van der Waals surface area contributed by atoms with Crippen LogP contribution in [0.4, 0.5) is 17.2 Å². The molecule has 2 N–H and O–H groups in total. The molecule has 5 aromatic rings.